The topological polar surface area (TPSA) is 26.0 Å². The van der Waals surface area contributed by atoms with Crippen LogP contribution in [0.15, 0.2) is 0 Å². The number of hydrogen-bond donors (Lipinski definition) is 1. The lowest BCUT2D eigenvalue weighted by Gasteiger charge is -2.25. The van der Waals surface area contributed by atoms with Crippen LogP contribution in [0.2, 0.25) is 0 Å². The molecule has 134 valence electrons. The van der Waals surface area contributed by atoms with Gasteiger partial charge in [0.15, 0.2) is 0 Å². The third-order valence-electron chi connectivity index (χ3n) is 5.06. The van der Waals surface area contributed by atoms with E-state index in [4.69, 9.17) is 5.73 Å². The van der Waals surface area contributed by atoms with Gasteiger partial charge in [-0.05, 0) is 31.6 Å². The molecule has 0 unspecified atom stereocenters. The summed E-state index contributed by atoms with van der Waals surface area (Å²) in [5.41, 5.74) is 5.83. The summed E-state index contributed by atoms with van der Waals surface area (Å²) in [5, 5.41) is 0. The summed E-state index contributed by atoms with van der Waals surface area (Å²) in [6.45, 7) is 6.82. The maximum atomic E-state index is 5.83. The van der Waals surface area contributed by atoms with E-state index in [1.54, 1.807) is 0 Å². The Morgan fingerprint density at radius 3 is 1.41 bits per heavy atom. The minimum atomic E-state index is 0.521. The maximum Gasteiger partial charge on any atom is 0.00390 e. The van der Waals surface area contributed by atoms with Crippen molar-refractivity contribution >= 4 is 0 Å². The summed E-state index contributed by atoms with van der Waals surface area (Å²) in [5.74, 6) is 1.01. The highest BCUT2D eigenvalue weighted by Gasteiger charge is 2.17. The second-order valence-corrected chi connectivity index (χ2v) is 7.40. The molecular weight excluding hydrogens is 266 g/mol. The predicted octanol–water partition coefficient (Wildman–Crippen LogP) is 7.23. The van der Waals surface area contributed by atoms with Gasteiger partial charge in [-0.1, -0.05) is 97.8 Å². The molecule has 0 aromatic heterocycles. The molecule has 0 spiro atoms. The SMILES string of the molecule is CCCCC1CCC(N)CC1.CCCCCCCCCCC. The molecule has 0 aromatic carbocycles. The molecule has 0 amide bonds. The minimum Gasteiger partial charge on any atom is -0.328 e. The van der Waals surface area contributed by atoms with Gasteiger partial charge in [-0.3, -0.25) is 0 Å². The standard InChI is InChI=1S/C11H24.C10H21N/c1-3-5-7-9-11-10-8-6-4-2;1-2-3-4-9-5-7-10(11)8-6-9/h3-11H2,1-2H3;9-10H,2-8,11H2,1H3. The van der Waals surface area contributed by atoms with Crippen LogP contribution in [0.5, 0.6) is 0 Å². The Kier molecular flexibility index (Phi) is 17.3. The Labute approximate surface area is 141 Å². The Balaban J connectivity index is 0.000000401. The molecule has 1 nitrogen and oxygen atoms in total. The number of hydrogen-bond acceptors (Lipinski definition) is 1. The van der Waals surface area contributed by atoms with E-state index in [2.05, 4.69) is 20.8 Å². The molecule has 2 N–H and O–H groups in total. The molecule has 0 atom stereocenters. The van der Waals surface area contributed by atoms with Crippen LogP contribution in [0, 0.1) is 5.92 Å². The summed E-state index contributed by atoms with van der Waals surface area (Å²) in [7, 11) is 0. The monoisotopic (exact) mass is 311 g/mol. The van der Waals surface area contributed by atoms with Crippen molar-refractivity contribution in [1.82, 2.24) is 0 Å². The lowest BCUT2D eigenvalue weighted by atomic mass is 9.83. The zero-order chi connectivity index (χ0) is 16.5. The molecule has 1 saturated carbocycles. The highest BCUT2D eigenvalue weighted by molar-refractivity contribution is 4.73. The molecule has 0 saturated heterocycles. The molecule has 1 aliphatic carbocycles. The van der Waals surface area contributed by atoms with Crippen molar-refractivity contribution in [1.29, 1.82) is 0 Å². The van der Waals surface area contributed by atoms with Crippen molar-refractivity contribution in [3.63, 3.8) is 0 Å². The molecule has 0 radical (unpaired) electrons. The maximum absolute atomic E-state index is 5.83. The van der Waals surface area contributed by atoms with Crippen molar-refractivity contribution in [2.24, 2.45) is 11.7 Å². The van der Waals surface area contributed by atoms with Crippen molar-refractivity contribution < 1.29 is 0 Å². The molecule has 1 heteroatoms. The first-order valence-electron chi connectivity index (χ1n) is 10.5. The van der Waals surface area contributed by atoms with Crippen LogP contribution >= 0.6 is 0 Å². The van der Waals surface area contributed by atoms with Crippen LogP contribution in [-0.2, 0) is 0 Å². The highest BCUT2D eigenvalue weighted by atomic mass is 14.6. The van der Waals surface area contributed by atoms with Crippen LogP contribution in [0.4, 0.5) is 0 Å². The van der Waals surface area contributed by atoms with Gasteiger partial charge in [0.05, 0.1) is 0 Å². The first-order valence-corrected chi connectivity index (χ1v) is 10.5. The Morgan fingerprint density at radius 2 is 1.00 bits per heavy atom. The van der Waals surface area contributed by atoms with Gasteiger partial charge in [-0.25, -0.2) is 0 Å². The Bertz CT molecular complexity index is 183. The molecular formula is C21H45N. The summed E-state index contributed by atoms with van der Waals surface area (Å²) in [6, 6.07) is 0.521. The second-order valence-electron chi connectivity index (χ2n) is 7.40. The average Bonchev–Trinajstić information content (AvgIpc) is 2.54. The zero-order valence-corrected chi connectivity index (χ0v) is 16.0. The Morgan fingerprint density at radius 1 is 0.591 bits per heavy atom. The van der Waals surface area contributed by atoms with E-state index in [-0.39, 0.29) is 0 Å². The van der Waals surface area contributed by atoms with E-state index in [1.165, 1.54) is 103 Å². The van der Waals surface area contributed by atoms with Crippen molar-refractivity contribution in [3.05, 3.63) is 0 Å². The van der Waals surface area contributed by atoms with Gasteiger partial charge in [0.2, 0.25) is 0 Å². The minimum absolute atomic E-state index is 0.521. The van der Waals surface area contributed by atoms with E-state index in [9.17, 15) is 0 Å². The summed E-state index contributed by atoms with van der Waals surface area (Å²) in [4.78, 5) is 0. The van der Waals surface area contributed by atoms with E-state index in [0.717, 1.165) is 5.92 Å². The average molecular weight is 312 g/mol. The second kappa shape index (κ2) is 17.3. The lowest BCUT2D eigenvalue weighted by Crippen LogP contribution is -2.26. The third kappa shape index (κ3) is 14.9. The molecule has 1 aliphatic rings. The smallest absolute Gasteiger partial charge is 0.00390 e. The number of rotatable bonds is 11. The van der Waals surface area contributed by atoms with Gasteiger partial charge >= 0.3 is 0 Å². The summed E-state index contributed by atoms with van der Waals surface area (Å²) >= 11 is 0. The van der Waals surface area contributed by atoms with E-state index in [0.29, 0.717) is 6.04 Å². The van der Waals surface area contributed by atoms with Crippen molar-refractivity contribution in [2.45, 2.75) is 130 Å². The molecule has 0 aliphatic heterocycles. The fourth-order valence-corrected chi connectivity index (χ4v) is 3.35. The fraction of sp³-hybridized carbons (Fsp3) is 1.00. The first kappa shape index (κ1) is 22.0. The van der Waals surface area contributed by atoms with Gasteiger partial charge in [-0.2, -0.15) is 0 Å². The quantitative estimate of drug-likeness (QED) is 0.400. The number of nitrogens with two attached hydrogens (primary N) is 1. The van der Waals surface area contributed by atoms with Crippen LogP contribution in [0.1, 0.15) is 124 Å². The molecule has 0 bridgehead atoms. The van der Waals surface area contributed by atoms with E-state index < -0.39 is 0 Å². The molecule has 1 fully saturated rings. The number of unbranched alkanes of at least 4 members (excludes halogenated alkanes) is 9. The van der Waals surface area contributed by atoms with Gasteiger partial charge in [0.25, 0.3) is 0 Å². The van der Waals surface area contributed by atoms with Crippen LogP contribution in [-0.4, -0.2) is 6.04 Å². The zero-order valence-electron chi connectivity index (χ0n) is 16.0. The molecule has 1 rings (SSSR count). The molecule has 22 heavy (non-hydrogen) atoms. The van der Waals surface area contributed by atoms with Gasteiger partial charge in [0, 0.05) is 6.04 Å². The van der Waals surface area contributed by atoms with E-state index >= 15 is 0 Å². The Hall–Kier alpha value is -0.0400. The third-order valence-corrected chi connectivity index (χ3v) is 5.06. The van der Waals surface area contributed by atoms with Crippen molar-refractivity contribution in [3.8, 4) is 0 Å². The normalized spacial score (nSPS) is 21.3. The largest absolute Gasteiger partial charge is 0.328 e. The summed E-state index contributed by atoms with van der Waals surface area (Å²) < 4.78 is 0. The van der Waals surface area contributed by atoms with Crippen LogP contribution < -0.4 is 5.73 Å². The fourth-order valence-electron chi connectivity index (χ4n) is 3.35. The van der Waals surface area contributed by atoms with Crippen LogP contribution in [0.25, 0.3) is 0 Å². The van der Waals surface area contributed by atoms with Gasteiger partial charge in [0.1, 0.15) is 0 Å². The molecule has 0 aromatic rings. The van der Waals surface area contributed by atoms with E-state index in [1.807, 2.05) is 0 Å². The van der Waals surface area contributed by atoms with Crippen LogP contribution in [0.3, 0.4) is 0 Å². The van der Waals surface area contributed by atoms with Gasteiger partial charge in [-0.15, -0.1) is 0 Å². The molecule has 0 heterocycles. The highest BCUT2D eigenvalue weighted by Crippen LogP contribution is 2.27. The van der Waals surface area contributed by atoms with Gasteiger partial charge < -0.3 is 5.73 Å². The lowest BCUT2D eigenvalue weighted by molar-refractivity contribution is 0.305. The summed E-state index contributed by atoms with van der Waals surface area (Å²) in [6.07, 6.45) is 22.5. The first-order chi connectivity index (χ1) is 10.7. The predicted molar refractivity (Wildman–Crippen MR) is 102 cm³/mol. The van der Waals surface area contributed by atoms with Crippen molar-refractivity contribution in [2.75, 3.05) is 0 Å².